The number of amides is 2. The number of likely N-dealkylation sites (tertiary alicyclic amines) is 1. The fourth-order valence-electron chi connectivity index (χ4n) is 3.38. The van der Waals surface area contributed by atoms with E-state index in [4.69, 9.17) is 14.6 Å². The molecule has 1 atom stereocenters. The maximum Gasteiger partial charge on any atom is 0.323 e. The van der Waals surface area contributed by atoms with E-state index in [1.54, 1.807) is 36.3 Å². The summed E-state index contributed by atoms with van der Waals surface area (Å²) in [4.78, 5) is 38.9. The van der Waals surface area contributed by atoms with E-state index >= 15 is 0 Å². The lowest BCUT2D eigenvalue weighted by molar-refractivity contribution is -0.145. The fraction of sp³-hybridized carbons (Fsp3) is 0.550. The molecule has 0 saturated carbocycles. The summed E-state index contributed by atoms with van der Waals surface area (Å²) in [7, 11) is 1.60. The molecule has 2 amide bonds. The van der Waals surface area contributed by atoms with Crippen LogP contribution in [0.3, 0.4) is 0 Å². The van der Waals surface area contributed by atoms with Crippen LogP contribution in [0.15, 0.2) is 24.3 Å². The number of nitrogens with zero attached hydrogens (tertiary/aromatic N) is 2. The van der Waals surface area contributed by atoms with Crippen LogP contribution in [0, 0.1) is 0 Å². The average molecular weight is 392 g/mol. The monoisotopic (exact) mass is 392 g/mol. The summed E-state index contributed by atoms with van der Waals surface area (Å²) in [6.45, 7) is 2.99. The summed E-state index contributed by atoms with van der Waals surface area (Å²) in [5, 5.41) is 9.05. The number of rotatable bonds is 8. The molecule has 2 rings (SSSR count). The average Bonchev–Trinajstić information content (AvgIpc) is 2.91. The molecule has 1 unspecified atom stereocenters. The van der Waals surface area contributed by atoms with Crippen molar-refractivity contribution in [3.63, 3.8) is 0 Å². The highest BCUT2D eigenvalue weighted by Gasteiger charge is 2.28. The van der Waals surface area contributed by atoms with Gasteiger partial charge in [0, 0.05) is 38.7 Å². The third kappa shape index (κ3) is 6.23. The van der Waals surface area contributed by atoms with Crippen molar-refractivity contribution in [3.8, 4) is 5.75 Å². The van der Waals surface area contributed by atoms with E-state index in [2.05, 4.69) is 0 Å². The van der Waals surface area contributed by atoms with Crippen LogP contribution in [0.2, 0.25) is 0 Å². The van der Waals surface area contributed by atoms with Crippen molar-refractivity contribution in [2.75, 3.05) is 40.0 Å². The summed E-state index contributed by atoms with van der Waals surface area (Å²) in [5.41, 5.74) is 0.544. The summed E-state index contributed by atoms with van der Waals surface area (Å²) in [6.07, 6.45) is 1.95. The Morgan fingerprint density at radius 3 is 2.68 bits per heavy atom. The van der Waals surface area contributed by atoms with Gasteiger partial charge in [-0.3, -0.25) is 14.4 Å². The molecule has 154 valence electrons. The van der Waals surface area contributed by atoms with Gasteiger partial charge in [-0.1, -0.05) is 6.07 Å². The van der Waals surface area contributed by atoms with Gasteiger partial charge in [-0.25, -0.2) is 0 Å². The second kappa shape index (κ2) is 10.7. The normalized spacial score (nSPS) is 16.9. The number of ether oxygens (including phenoxy) is 2. The molecule has 1 aromatic carbocycles. The molecule has 1 saturated heterocycles. The van der Waals surface area contributed by atoms with Gasteiger partial charge >= 0.3 is 5.97 Å². The number of hydrogen-bond acceptors (Lipinski definition) is 5. The van der Waals surface area contributed by atoms with E-state index < -0.39 is 5.97 Å². The largest absolute Gasteiger partial charge is 0.491 e. The van der Waals surface area contributed by atoms with Crippen molar-refractivity contribution in [3.05, 3.63) is 29.8 Å². The fourth-order valence-corrected chi connectivity index (χ4v) is 3.38. The van der Waals surface area contributed by atoms with Crippen LogP contribution in [0.5, 0.6) is 5.75 Å². The van der Waals surface area contributed by atoms with Crippen molar-refractivity contribution in [2.24, 2.45) is 0 Å². The molecule has 0 aliphatic carbocycles. The van der Waals surface area contributed by atoms with E-state index in [-0.39, 0.29) is 24.4 Å². The zero-order valence-electron chi connectivity index (χ0n) is 16.4. The first-order valence-electron chi connectivity index (χ1n) is 9.42. The smallest absolute Gasteiger partial charge is 0.323 e. The number of hydrogen-bond donors (Lipinski definition) is 1. The lowest BCUT2D eigenvalue weighted by atomic mass is 10.1. The highest BCUT2D eigenvalue weighted by Crippen LogP contribution is 2.20. The van der Waals surface area contributed by atoms with Crippen LogP contribution in [0.25, 0.3) is 0 Å². The minimum Gasteiger partial charge on any atom is -0.491 e. The van der Waals surface area contributed by atoms with Crippen LogP contribution >= 0.6 is 0 Å². The molecular formula is C20H28N2O6. The number of methoxy groups -OCH3 is 1. The Morgan fingerprint density at radius 2 is 2.00 bits per heavy atom. The first-order chi connectivity index (χ1) is 13.4. The van der Waals surface area contributed by atoms with Crippen LogP contribution in [-0.2, 0) is 14.3 Å². The van der Waals surface area contributed by atoms with Gasteiger partial charge in [0.25, 0.3) is 5.91 Å². The number of benzene rings is 1. The van der Waals surface area contributed by atoms with E-state index in [9.17, 15) is 14.4 Å². The van der Waals surface area contributed by atoms with Crippen LogP contribution in [0.1, 0.15) is 36.5 Å². The molecular weight excluding hydrogens is 364 g/mol. The molecule has 8 nitrogen and oxygen atoms in total. The van der Waals surface area contributed by atoms with Gasteiger partial charge in [-0.15, -0.1) is 0 Å². The number of carboxylic acids is 1. The van der Waals surface area contributed by atoms with Gasteiger partial charge in [0.05, 0.1) is 6.61 Å². The first-order valence-corrected chi connectivity index (χ1v) is 9.42. The molecule has 0 radical (unpaired) electrons. The molecule has 8 heteroatoms. The predicted molar refractivity (Wildman–Crippen MR) is 102 cm³/mol. The highest BCUT2D eigenvalue weighted by molar-refractivity contribution is 5.94. The number of carbonyl (C=O) groups excluding carboxylic acids is 2. The Balaban J connectivity index is 2.01. The Labute approximate surface area is 165 Å². The summed E-state index contributed by atoms with van der Waals surface area (Å²) < 4.78 is 10.5. The van der Waals surface area contributed by atoms with E-state index in [0.717, 1.165) is 0 Å². The molecule has 1 aromatic rings. The molecule has 0 aromatic heterocycles. The molecule has 0 bridgehead atoms. The van der Waals surface area contributed by atoms with Crippen LogP contribution in [0.4, 0.5) is 0 Å². The zero-order valence-corrected chi connectivity index (χ0v) is 16.4. The minimum absolute atomic E-state index is 0.0922. The lowest BCUT2D eigenvalue weighted by Gasteiger charge is -2.28. The van der Waals surface area contributed by atoms with Crippen LogP contribution in [-0.4, -0.2) is 78.7 Å². The van der Waals surface area contributed by atoms with Crippen molar-refractivity contribution in [1.82, 2.24) is 9.80 Å². The Bertz CT molecular complexity index is 693. The first kappa shape index (κ1) is 21.7. The maximum absolute atomic E-state index is 12.9. The number of aliphatic carboxylic acids is 1. The zero-order chi connectivity index (χ0) is 20.5. The van der Waals surface area contributed by atoms with E-state index in [1.165, 1.54) is 11.8 Å². The molecule has 1 N–H and O–H groups in total. The lowest BCUT2D eigenvalue weighted by Crippen LogP contribution is -2.43. The molecule has 1 heterocycles. The quantitative estimate of drug-likeness (QED) is 0.676. The van der Waals surface area contributed by atoms with Gasteiger partial charge in [-0.2, -0.15) is 0 Å². The predicted octanol–water partition coefficient (Wildman–Crippen LogP) is 1.64. The van der Waals surface area contributed by atoms with Gasteiger partial charge in [-0.05, 0) is 37.5 Å². The summed E-state index contributed by atoms with van der Waals surface area (Å²) in [6, 6.07) is 6.87. The van der Waals surface area contributed by atoms with Gasteiger partial charge < -0.3 is 24.4 Å². The van der Waals surface area contributed by atoms with Crippen molar-refractivity contribution in [1.29, 1.82) is 0 Å². The van der Waals surface area contributed by atoms with E-state index in [1.807, 2.05) is 0 Å². The number of carbonyl (C=O) groups is 3. The summed E-state index contributed by atoms with van der Waals surface area (Å²) in [5.74, 6) is -0.768. The molecule has 1 fully saturated rings. The van der Waals surface area contributed by atoms with Crippen molar-refractivity contribution < 1.29 is 29.0 Å². The molecule has 1 aliphatic heterocycles. The van der Waals surface area contributed by atoms with Crippen LogP contribution < -0.4 is 4.74 Å². The highest BCUT2D eigenvalue weighted by atomic mass is 16.5. The molecule has 1 aliphatic rings. The second-order valence-electron chi connectivity index (χ2n) is 6.79. The SMILES string of the molecule is COCCOc1cccc(C(=O)N2CCCC(N(CC(=O)O)C(C)=O)CC2)c1. The Hall–Kier alpha value is -2.61. The van der Waals surface area contributed by atoms with Gasteiger partial charge in [0.1, 0.15) is 18.9 Å². The van der Waals surface area contributed by atoms with E-state index in [0.29, 0.717) is 56.9 Å². The minimum atomic E-state index is -1.03. The van der Waals surface area contributed by atoms with Crippen molar-refractivity contribution >= 4 is 17.8 Å². The Morgan fingerprint density at radius 1 is 1.21 bits per heavy atom. The number of carboxylic acid groups (broad SMARTS) is 1. The standard InChI is InChI=1S/C20H28N2O6/c1-15(23)22(14-19(24)25)17-6-4-9-21(10-8-17)20(26)16-5-3-7-18(13-16)28-12-11-27-2/h3,5,7,13,17H,4,6,8-12,14H2,1-2H3,(H,24,25). The molecule has 0 spiro atoms. The maximum atomic E-state index is 12.9. The Kier molecular flexibility index (Phi) is 8.25. The topological polar surface area (TPSA) is 96.4 Å². The molecule has 28 heavy (non-hydrogen) atoms. The van der Waals surface area contributed by atoms with Crippen molar-refractivity contribution in [2.45, 2.75) is 32.2 Å². The third-order valence-electron chi connectivity index (χ3n) is 4.77. The van der Waals surface area contributed by atoms with Gasteiger partial charge in [0.2, 0.25) is 5.91 Å². The summed E-state index contributed by atoms with van der Waals surface area (Å²) >= 11 is 0. The van der Waals surface area contributed by atoms with Gasteiger partial charge in [0.15, 0.2) is 0 Å². The third-order valence-corrected chi connectivity index (χ3v) is 4.77. The second-order valence-corrected chi connectivity index (χ2v) is 6.79.